The van der Waals surface area contributed by atoms with E-state index in [1.54, 1.807) is 14.2 Å². The molecule has 0 saturated carbocycles. The summed E-state index contributed by atoms with van der Waals surface area (Å²) < 4.78 is 10.8. The molecule has 0 bridgehead atoms. The molecule has 88 valence electrons. The molecule has 1 aliphatic rings. The summed E-state index contributed by atoms with van der Waals surface area (Å²) in [5.74, 6) is 1.71. The van der Waals surface area contributed by atoms with Crippen molar-refractivity contribution in [2.24, 2.45) is 0 Å². The van der Waals surface area contributed by atoms with Crippen LogP contribution in [0.1, 0.15) is 30.0 Å². The monoisotopic (exact) mass is 221 g/mol. The molecule has 0 spiro atoms. The largest absolute Gasteiger partial charge is 0.493 e. The third kappa shape index (κ3) is 1.76. The van der Waals surface area contributed by atoms with Crippen LogP contribution in [0.5, 0.6) is 11.5 Å². The minimum atomic E-state index is 0.383. The van der Waals surface area contributed by atoms with Gasteiger partial charge in [0.15, 0.2) is 11.5 Å². The van der Waals surface area contributed by atoms with Crippen LogP contribution in [0.25, 0.3) is 0 Å². The van der Waals surface area contributed by atoms with Gasteiger partial charge >= 0.3 is 0 Å². The predicted octanol–water partition coefficient (Wildman–Crippen LogP) is 2.30. The molecular weight excluding hydrogens is 202 g/mol. The van der Waals surface area contributed by atoms with Crippen molar-refractivity contribution in [2.45, 2.75) is 25.3 Å². The van der Waals surface area contributed by atoms with Gasteiger partial charge in [-0.15, -0.1) is 0 Å². The van der Waals surface area contributed by atoms with Crippen LogP contribution in [0.2, 0.25) is 0 Å². The van der Waals surface area contributed by atoms with E-state index >= 15 is 0 Å². The molecular formula is C13H19NO2. The molecule has 1 aliphatic carbocycles. The molecule has 1 unspecified atom stereocenters. The summed E-state index contributed by atoms with van der Waals surface area (Å²) in [5, 5.41) is 3.35. The van der Waals surface area contributed by atoms with E-state index in [-0.39, 0.29) is 0 Å². The van der Waals surface area contributed by atoms with Crippen molar-refractivity contribution in [1.82, 2.24) is 5.32 Å². The first kappa shape index (κ1) is 11.3. The molecule has 1 aromatic carbocycles. The Morgan fingerprint density at radius 3 is 2.69 bits per heavy atom. The van der Waals surface area contributed by atoms with Gasteiger partial charge in [-0.25, -0.2) is 0 Å². The molecule has 2 rings (SSSR count). The second-order valence-corrected chi connectivity index (χ2v) is 4.11. The topological polar surface area (TPSA) is 30.5 Å². The van der Waals surface area contributed by atoms with Crippen molar-refractivity contribution in [2.75, 3.05) is 21.3 Å². The molecule has 1 atom stereocenters. The maximum Gasteiger partial charge on any atom is 0.165 e. The first-order valence-corrected chi connectivity index (χ1v) is 5.72. The zero-order valence-corrected chi connectivity index (χ0v) is 10.2. The van der Waals surface area contributed by atoms with Gasteiger partial charge < -0.3 is 14.8 Å². The maximum absolute atomic E-state index is 5.50. The SMILES string of the molecule is CNC1CCCc2ccc(OC)c(OC)c21. The minimum Gasteiger partial charge on any atom is -0.493 e. The summed E-state index contributed by atoms with van der Waals surface area (Å²) in [6.07, 6.45) is 3.52. The molecule has 0 fully saturated rings. The van der Waals surface area contributed by atoms with E-state index in [0.717, 1.165) is 24.3 Å². The van der Waals surface area contributed by atoms with Crippen molar-refractivity contribution < 1.29 is 9.47 Å². The number of methoxy groups -OCH3 is 2. The van der Waals surface area contributed by atoms with Crippen molar-refractivity contribution in [3.8, 4) is 11.5 Å². The first-order valence-electron chi connectivity index (χ1n) is 5.72. The van der Waals surface area contributed by atoms with Gasteiger partial charge in [-0.2, -0.15) is 0 Å². The Morgan fingerprint density at radius 1 is 1.25 bits per heavy atom. The van der Waals surface area contributed by atoms with Crippen molar-refractivity contribution in [3.05, 3.63) is 23.3 Å². The number of nitrogens with one attached hydrogen (secondary N) is 1. The summed E-state index contributed by atoms with van der Waals surface area (Å²) in [5.41, 5.74) is 2.65. The molecule has 1 aromatic rings. The molecule has 0 radical (unpaired) electrons. The Bertz CT molecular complexity index is 376. The number of ether oxygens (including phenoxy) is 2. The number of aryl methyl sites for hydroxylation is 1. The number of hydrogen-bond acceptors (Lipinski definition) is 3. The highest BCUT2D eigenvalue weighted by atomic mass is 16.5. The molecule has 0 aromatic heterocycles. The average molecular weight is 221 g/mol. The van der Waals surface area contributed by atoms with Crippen LogP contribution < -0.4 is 14.8 Å². The molecule has 1 N–H and O–H groups in total. The third-order valence-corrected chi connectivity index (χ3v) is 3.31. The van der Waals surface area contributed by atoms with Crippen molar-refractivity contribution in [1.29, 1.82) is 0 Å². The Balaban J connectivity index is 2.54. The standard InChI is InChI=1S/C13H19NO2/c1-14-10-6-4-5-9-7-8-11(15-2)13(16-3)12(9)10/h7-8,10,14H,4-6H2,1-3H3. The molecule has 0 heterocycles. The molecule has 0 aliphatic heterocycles. The summed E-state index contributed by atoms with van der Waals surface area (Å²) >= 11 is 0. The van der Waals surface area contributed by atoms with Crippen molar-refractivity contribution in [3.63, 3.8) is 0 Å². The maximum atomic E-state index is 5.50. The average Bonchev–Trinajstić information content (AvgIpc) is 2.36. The molecule has 0 saturated heterocycles. The lowest BCUT2D eigenvalue weighted by Gasteiger charge is -2.27. The second kappa shape index (κ2) is 4.74. The van der Waals surface area contributed by atoms with Crippen LogP contribution in [0.4, 0.5) is 0 Å². The van der Waals surface area contributed by atoms with E-state index in [0.29, 0.717) is 6.04 Å². The summed E-state index contributed by atoms with van der Waals surface area (Å²) in [6.45, 7) is 0. The van der Waals surface area contributed by atoms with Gasteiger partial charge in [0.25, 0.3) is 0 Å². The van der Waals surface area contributed by atoms with E-state index in [9.17, 15) is 0 Å². The van der Waals surface area contributed by atoms with Crippen LogP contribution >= 0.6 is 0 Å². The zero-order chi connectivity index (χ0) is 11.5. The van der Waals surface area contributed by atoms with E-state index in [4.69, 9.17) is 9.47 Å². The van der Waals surface area contributed by atoms with Crippen LogP contribution in [0, 0.1) is 0 Å². The van der Waals surface area contributed by atoms with Crippen LogP contribution in [-0.2, 0) is 6.42 Å². The fourth-order valence-corrected chi connectivity index (χ4v) is 2.52. The van der Waals surface area contributed by atoms with E-state index in [2.05, 4.69) is 11.4 Å². The molecule has 0 amide bonds. The Hall–Kier alpha value is -1.22. The lowest BCUT2D eigenvalue weighted by atomic mass is 9.87. The van der Waals surface area contributed by atoms with Crippen LogP contribution in [0.15, 0.2) is 12.1 Å². The highest BCUT2D eigenvalue weighted by molar-refractivity contribution is 5.53. The summed E-state index contributed by atoms with van der Waals surface area (Å²) in [6, 6.07) is 4.53. The van der Waals surface area contributed by atoms with Gasteiger partial charge in [-0.05, 0) is 37.9 Å². The zero-order valence-electron chi connectivity index (χ0n) is 10.2. The number of benzene rings is 1. The van der Waals surface area contributed by atoms with E-state index in [1.165, 1.54) is 17.5 Å². The van der Waals surface area contributed by atoms with Gasteiger partial charge in [0.1, 0.15) is 0 Å². The Labute approximate surface area is 96.8 Å². The summed E-state index contributed by atoms with van der Waals surface area (Å²) in [7, 11) is 5.39. The van der Waals surface area contributed by atoms with Gasteiger partial charge in [0.05, 0.1) is 14.2 Å². The second-order valence-electron chi connectivity index (χ2n) is 4.11. The number of fused-ring (bicyclic) bond motifs is 1. The highest BCUT2D eigenvalue weighted by Gasteiger charge is 2.24. The first-order chi connectivity index (χ1) is 7.81. The molecule has 16 heavy (non-hydrogen) atoms. The number of hydrogen-bond donors (Lipinski definition) is 1. The fourth-order valence-electron chi connectivity index (χ4n) is 2.52. The number of rotatable bonds is 3. The van der Waals surface area contributed by atoms with Crippen LogP contribution in [0.3, 0.4) is 0 Å². The van der Waals surface area contributed by atoms with Gasteiger partial charge in [-0.3, -0.25) is 0 Å². The van der Waals surface area contributed by atoms with Crippen LogP contribution in [-0.4, -0.2) is 21.3 Å². The van der Waals surface area contributed by atoms with Gasteiger partial charge in [0, 0.05) is 11.6 Å². The minimum absolute atomic E-state index is 0.383. The lowest BCUT2D eigenvalue weighted by Crippen LogP contribution is -2.22. The molecule has 3 nitrogen and oxygen atoms in total. The third-order valence-electron chi connectivity index (χ3n) is 3.31. The Kier molecular flexibility index (Phi) is 3.34. The van der Waals surface area contributed by atoms with Gasteiger partial charge in [-0.1, -0.05) is 6.07 Å². The smallest absolute Gasteiger partial charge is 0.165 e. The summed E-state index contributed by atoms with van der Waals surface area (Å²) in [4.78, 5) is 0. The normalized spacial score (nSPS) is 19.1. The van der Waals surface area contributed by atoms with Crippen molar-refractivity contribution >= 4 is 0 Å². The van der Waals surface area contributed by atoms with Gasteiger partial charge in [0.2, 0.25) is 0 Å². The fraction of sp³-hybridized carbons (Fsp3) is 0.538. The van der Waals surface area contributed by atoms with E-state index < -0.39 is 0 Å². The predicted molar refractivity (Wildman–Crippen MR) is 64.3 cm³/mol. The lowest BCUT2D eigenvalue weighted by molar-refractivity contribution is 0.342. The highest BCUT2D eigenvalue weighted by Crippen LogP contribution is 2.41. The Morgan fingerprint density at radius 2 is 2.06 bits per heavy atom. The molecule has 3 heteroatoms. The quantitative estimate of drug-likeness (QED) is 0.849. The van der Waals surface area contributed by atoms with E-state index in [1.807, 2.05) is 13.1 Å².